The van der Waals surface area contributed by atoms with Crippen LogP contribution < -0.4 is 20.5 Å². The summed E-state index contributed by atoms with van der Waals surface area (Å²) in [7, 11) is 1.59. The minimum absolute atomic E-state index is 0.221. The lowest BCUT2D eigenvalue weighted by Gasteiger charge is -2.14. The lowest BCUT2D eigenvalue weighted by molar-refractivity contribution is 0.287. The summed E-state index contributed by atoms with van der Waals surface area (Å²) in [6, 6.07) is 13.4. The summed E-state index contributed by atoms with van der Waals surface area (Å²) in [5.41, 5.74) is 3.14. The average Bonchev–Trinajstić information content (AvgIpc) is 3.33. The standard InChI is InChI=1S/C20H18ClN3O3S/c1-26-18-8-12(7-15(21)19(18)27-11-14-3-2-6-28-14)10-22-13-4-5-16-17(9-13)24-20(25)23-16/h2-9,22H,10-11H2,1H3,(H2,23,24,25). The summed E-state index contributed by atoms with van der Waals surface area (Å²) in [6.45, 7) is 0.988. The number of benzene rings is 2. The highest BCUT2D eigenvalue weighted by Crippen LogP contribution is 2.37. The van der Waals surface area contributed by atoms with Crippen molar-refractivity contribution in [2.75, 3.05) is 12.4 Å². The van der Waals surface area contributed by atoms with Gasteiger partial charge in [0.25, 0.3) is 0 Å². The number of aromatic nitrogens is 2. The summed E-state index contributed by atoms with van der Waals surface area (Å²) in [5, 5.41) is 5.83. The van der Waals surface area contributed by atoms with Crippen LogP contribution in [-0.2, 0) is 13.2 Å². The normalized spacial score (nSPS) is 10.9. The molecule has 4 aromatic rings. The Bertz CT molecular complexity index is 1150. The third-order valence-corrected chi connectivity index (χ3v) is 5.37. The SMILES string of the molecule is COc1cc(CNc2ccc3[nH]c(=O)[nH]c3c2)cc(Cl)c1OCc1cccs1. The molecule has 0 aliphatic carbocycles. The summed E-state index contributed by atoms with van der Waals surface area (Å²) in [5.74, 6) is 1.12. The van der Waals surface area contributed by atoms with E-state index in [2.05, 4.69) is 15.3 Å². The fourth-order valence-electron chi connectivity index (χ4n) is 2.90. The molecule has 144 valence electrons. The highest BCUT2D eigenvalue weighted by atomic mass is 35.5. The number of thiophene rings is 1. The minimum Gasteiger partial charge on any atom is -0.493 e. The molecule has 0 unspecified atom stereocenters. The van der Waals surface area contributed by atoms with Crippen molar-refractivity contribution >= 4 is 39.7 Å². The van der Waals surface area contributed by atoms with Crippen molar-refractivity contribution in [3.63, 3.8) is 0 Å². The van der Waals surface area contributed by atoms with Crippen molar-refractivity contribution in [2.24, 2.45) is 0 Å². The van der Waals surface area contributed by atoms with Gasteiger partial charge in [0.1, 0.15) is 6.61 Å². The van der Waals surface area contributed by atoms with Gasteiger partial charge < -0.3 is 24.8 Å². The van der Waals surface area contributed by atoms with Crippen molar-refractivity contribution < 1.29 is 9.47 Å². The molecule has 0 aliphatic heterocycles. The second kappa shape index (κ2) is 8.00. The number of ether oxygens (including phenoxy) is 2. The summed E-state index contributed by atoms with van der Waals surface area (Å²) in [4.78, 5) is 18.0. The second-order valence-electron chi connectivity index (χ2n) is 6.17. The van der Waals surface area contributed by atoms with Gasteiger partial charge in [0.05, 0.1) is 23.2 Å². The Balaban J connectivity index is 1.49. The van der Waals surface area contributed by atoms with Crippen molar-refractivity contribution in [3.05, 3.63) is 73.8 Å². The van der Waals surface area contributed by atoms with Gasteiger partial charge in [-0.25, -0.2) is 4.79 Å². The molecule has 28 heavy (non-hydrogen) atoms. The number of halogens is 1. The largest absolute Gasteiger partial charge is 0.493 e. The number of fused-ring (bicyclic) bond motifs is 1. The number of nitrogens with one attached hydrogen (secondary N) is 3. The number of H-pyrrole nitrogens is 2. The van der Waals surface area contributed by atoms with Gasteiger partial charge in [-0.15, -0.1) is 11.3 Å². The number of aromatic amines is 2. The zero-order chi connectivity index (χ0) is 19.5. The number of rotatable bonds is 7. The molecule has 0 atom stereocenters. The average molecular weight is 416 g/mol. The fourth-order valence-corrected chi connectivity index (χ4v) is 3.80. The van der Waals surface area contributed by atoms with Gasteiger partial charge in [0, 0.05) is 17.1 Å². The highest BCUT2D eigenvalue weighted by Gasteiger charge is 2.13. The van der Waals surface area contributed by atoms with Crippen LogP contribution >= 0.6 is 22.9 Å². The van der Waals surface area contributed by atoms with Crippen LogP contribution in [0, 0.1) is 0 Å². The topological polar surface area (TPSA) is 79.1 Å². The maximum Gasteiger partial charge on any atom is 0.323 e. The second-order valence-corrected chi connectivity index (χ2v) is 7.61. The maximum absolute atomic E-state index is 11.4. The number of methoxy groups -OCH3 is 1. The molecular formula is C20H18ClN3O3S. The first-order chi connectivity index (χ1) is 13.6. The predicted octanol–water partition coefficient (Wildman–Crippen LogP) is 4.77. The van der Waals surface area contributed by atoms with E-state index < -0.39 is 0 Å². The summed E-state index contributed by atoms with van der Waals surface area (Å²) in [6.07, 6.45) is 0. The van der Waals surface area contributed by atoms with Crippen molar-refractivity contribution in [3.8, 4) is 11.5 Å². The molecule has 4 rings (SSSR count). The van der Waals surface area contributed by atoms with Crippen LogP contribution in [0.5, 0.6) is 11.5 Å². The first kappa shape index (κ1) is 18.5. The third kappa shape index (κ3) is 4.00. The molecule has 0 fully saturated rings. The van der Waals surface area contributed by atoms with Crippen LogP contribution in [0.2, 0.25) is 5.02 Å². The predicted molar refractivity (Wildman–Crippen MR) is 113 cm³/mol. The zero-order valence-corrected chi connectivity index (χ0v) is 16.6. The molecule has 0 saturated carbocycles. The monoisotopic (exact) mass is 415 g/mol. The maximum atomic E-state index is 11.4. The van der Waals surface area contributed by atoms with Gasteiger partial charge in [-0.05, 0) is 47.3 Å². The molecule has 0 saturated heterocycles. The van der Waals surface area contributed by atoms with Crippen LogP contribution in [0.3, 0.4) is 0 Å². The van der Waals surface area contributed by atoms with E-state index in [9.17, 15) is 4.79 Å². The Morgan fingerprint density at radius 1 is 1.14 bits per heavy atom. The molecule has 8 heteroatoms. The first-order valence-electron chi connectivity index (χ1n) is 8.60. The zero-order valence-electron chi connectivity index (χ0n) is 15.0. The van der Waals surface area contributed by atoms with E-state index in [0.717, 1.165) is 27.2 Å². The van der Waals surface area contributed by atoms with Gasteiger partial charge in [-0.3, -0.25) is 0 Å². The highest BCUT2D eigenvalue weighted by molar-refractivity contribution is 7.09. The van der Waals surface area contributed by atoms with Gasteiger partial charge in [-0.1, -0.05) is 17.7 Å². The summed E-state index contributed by atoms with van der Waals surface area (Å²) < 4.78 is 11.3. The molecule has 3 N–H and O–H groups in total. The number of anilines is 1. The molecule has 0 amide bonds. The minimum atomic E-state index is -0.221. The van der Waals surface area contributed by atoms with E-state index in [4.69, 9.17) is 21.1 Å². The Morgan fingerprint density at radius 3 is 2.79 bits per heavy atom. The van der Waals surface area contributed by atoms with Crippen molar-refractivity contribution in [1.29, 1.82) is 0 Å². The molecule has 2 heterocycles. The molecule has 0 bridgehead atoms. The van der Waals surface area contributed by atoms with Gasteiger partial charge in [0.15, 0.2) is 11.5 Å². The molecule has 0 aliphatic rings. The van der Waals surface area contributed by atoms with Gasteiger partial charge >= 0.3 is 5.69 Å². The molecular weight excluding hydrogens is 398 g/mol. The van der Waals surface area contributed by atoms with Crippen LogP contribution in [0.15, 0.2) is 52.6 Å². The quantitative estimate of drug-likeness (QED) is 0.406. The first-order valence-corrected chi connectivity index (χ1v) is 9.85. The van der Waals surface area contributed by atoms with E-state index in [0.29, 0.717) is 29.7 Å². The lowest BCUT2D eigenvalue weighted by atomic mass is 10.2. The third-order valence-electron chi connectivity index (χ3n) is 4.24. The van der Waals surface area contributed by atoms with E-state index in [-0.39, 0.29) is 5.69 Å². The van der Waals surface area contributed by atoms with Crippen LogP contribution in [0.4, 0.5) is 5.69 Å². The molecule has 2 aromatic carbocycles. The lowest BCUT2D eigenvalue weighted by Crippen LogP contribution is -2.02. The molecule has 6 nitrogen and oxygen atoms in total. The smallest absolute Gasteiger partial charge is 0.323 e. The molecule has 0 radical (unpaired) electrons. The van der Waals surface area contributed by atoms with Gasteiger partial charge in [0.2, 0.25) is 0 Å². The van der Waals surface area contributed by atoms with Crippen LogP contribution in [0.1, 0.15) is 10.4 Å². The fraction of sp³-hybridized carbons (Fsp3) is 0.150. The number of imidazole rings is 1. The Hall–Kier alpha value is -2.90. The Kier molecular flexibility index (Phi) is 5.27. The van der Waals surface area contributed by atoms with Crippen LogP contribution in [0.25, 0.3) is 11.0 Å². The Morgan fingerprint density at radius 2 is 2.00 bits per heavy atom. The number of hydrogen-bond acceptors (Lipinski definition) is 5. The van der Waals surface area contributed by atoms with Gasteiger partial charge in [-0.2, -0.15) is 0 Å². The van der Waals surface area contributed by atoms with Crippen molar-refractivity contribution in [2.45, 2.75) is 13.2 Å². The number of hydrogen-bond donors (Lipinski definition) is 3. The van der Waals surface area contributed by atoms with Crippen LogP contribution in [-0.4, -0.2) is 17.1 Å². The van der Waals surface area contributed by atoms with Crippen molar-refractivity contribution in [1.82, 2.24) is 9.97 Å². The van der Waals surface area contributed by atoms with E-state index in [1.165, 1.54) is 0 Å². The Labute approximate surface area is 170 Å². The van der Waals surface area contributed by atoms with E-state index in [1.54, 1.807) is 18.4 Å². The molecule has 0 spiro atoms. The summed E-state index contributed by atoms with van der Waals surface area (Å²) >= 11 is 8.07. The van der Waals surface area contributed by atoms with E-state index >= 15 is 0 Å². The van der Waals surface area contributed by atoms with E-state index in [1.807, 2.05) is 47.8 Å². The molecule has 2 aromatic heterocycles.